The number of imide groups is 1. The molecule has 1 aromatic heterocycles. The number of hydrogen-bond donors (Lipinski definition) is 1. The van der Waals surface area contributed by atoms with E-state index in [1.807, 2.05) is 53.9 Å². The molecule has 6 rings (SSSR count). The van der Waals surface area contributed by atoms with Crippen molar-refractivity contribution in [2.45, 2.75) is 51.7 Å². The lowest BCUT2D eigenvalue weighted by Crippen LogP contribution is -2.35. The summed E-state index contributed by atoms with van der Waals surface area (Å²) in [5.74, 6) is -1.42. The zero-order valence-corrected chi connectivity index (χ0v) is 25.0. The Kier molecular flexibility index (Phi) is 8.77. The van der Waals surface area contributed by atoms with Crippen LogP contribution in [0.4, 0.5) is 4.39 Å². The minimum Gasteiger partial charge on any atom is -0.505 e. The van der Waals surface area contributed by atoms with Gasteiger partial charge in [0.25, 0.3) is 0 Å². The number of fused-ring (bicyclic) bond motifs is 3. The lowest BCUT2D eigenvalue weighted by atomic mass is 9.69. The number of aromatic hydroxyl groups is 1. The van der Waals surface area contributed by atoms with Gasteiger partial charge in [0.2, 0.25) is 11.8 Å². The first-order valence-corrected chi connectivity index (χ1v) is 15.9. The van der Waals surface area contributed by atoms with Crippen LogP contribution in [0.5, 0.6) is 11.5 Å². The van der Waals surface area contributed by atoms with Crippen LogP contribution in [0.3, 0.4) is 0 Å². The van der Waals surface area contributed by atoms with E-state index in [1.165, 1.54) is 22.6 Å². The van der Waals surface area contributed by atoms with E-state index in [9.17, 15) is 19.1 Å². The molecule has 0 spiro atoms. The molecule has 1 N–H and O–H groups in total. The number of phenolic OH excluding ortho intramolecular Hbond substituents is 1. The van der Waals surface area contributed by atoms with Crippen molar-refractivity contribution in [1.29, 1.82) is 0 Å². The number of para-hydroxylation sites is 1. The second-order valence-corrected chi connectivity index (χ2v) is 12.6. The third kappa shape index (κ3) is 6.17. The van der Waals surface area contributed by atoms with Crippen molar-refractivity contribution < 1.29 is 28.6 Å². The van der Waals surface area contributed by atoms with Crippen LogP contribution in [0.15, 0.2) is 82.8 Å². The first-order chi connectivity index (χ1) is 20.9. The van der Waals surface area contributed by atoms with Gasteiger partial charge in [0.1, 0.15) is 12.4 Å². The molecule has 0 bridgehead atoms. The molecule has 2 aliphatic heterocycles. The number of carbonyl (C=O) groups excluding carboxylic acids is 2. The number of amides is 2. The molecule has 0 radical (unpaired) electrons. The van der Waals surface area contributed by atoms with Gasteiger partial charge in [-0.2, -0.15) is 0 Å². The number of phenols is 1. The smallest absolute Gasteiger partial charge is 0.234 e. The van der Waals surface area contributed by atoms with E-state index in [4.69, 9.17) is 9.47 Å². The molecule has 43 heavy (non-hydrogen) atoms. The van der Waals surface area contributed by atoms with Crippen LogP contribution >= 0.6 is 11.3 Å². The van der Waals surface area contributed by atoms with Crippen LogP contribution in [0.1, 0.15) is 49.5 Å². The number of hydrogen-bond acceptors (Lipinski definition) is 6. The SMILES string of the molecule is CCC/C(=C\c1ccc(O)c(F)c1)CC[C@H]1OC[C@H]2C1=C(COc1ccccc1)C[C@H]1C(=O)N(Cc3cccs3)C(=O)[C@H]12. The summed E-state index contributed by atoms with van der Waals surface area (Å²) >= 11 is 1.55. The predicted molar refractivity (Wildman–Crippen MR) is 164 cm³/mol. The molecule has 1 aliphatic carbocycles. The molecule has 0 unspecified atom stereocenters. The Morgan fingerprint density at radius 2 is 1.93 bits per heavy atom. The van der Waals surface area contributed by atoms with E-state index in [-0.39, 0.29) is 29.6 Å². The number of allylic oxidation sites excluding steroid dienone is 1. The van der Waals surface area contributed by atoms with Gasteiger partial charge in [-0.1, -0.05) is 55.3 Å². The van der Waals surface area contributed by atoms with Crippen LogP contribution in [0.2, 0.25) is 0 Å². The average Bonchev–Trinajstić information content (AvgIpc) is 3.74. The van der Waals surface area contributed by atoms with E-state index < -0.39 is 17.7 Å². The van der Waals surface area contributed by atoms with Crippen molar-refractivity contribution in [2.24, 2.45) is 17.8 Å². The van der Waals surface area contributed by atoms with Crippen molar-refractivity contribution in [3.05, 3.63) is 99.0 Å². The first-order valence-electron chi connectivity index (χ1n) is 15.0. The second kappa shape index (κ2) is 12.9. The summed E-state index contributed by atoms with van der Waals surface area (Å²) < 4.78 is 26.6. The van der Waals surface area contributed by atoms with E-state index in [0.717, 1.165) is 41.0 Å². The Bertz CT molecular complexity index is 1530. The highest BCUT2D eigenvalue weighted by Crippen LogP contribution is 2.50. The molecule has 4 atom stereocenters. The molecule has 2 fully saturated rings. The highest BCUT2D eigenvalue weighted by Gasteiger charge is 2.57. The Morgan fingerprint density at radius 1 is 1.09 bits per heavy atom. The number of nitrogens with zero attached hydrogens (tertiary/aromatic N) is 1. The van der Waals surface area contributed by atoms with Gasteiger partial charge in [0.15, 0.2) is 11.6 Å². The molecule has 8 heteroatoms. The molecular formula is C35H36FNO5S. The van der Waals surface area contributed by atoms with E-state index in [0.29, 0.717) is 38.2 Å². The topological polar surface area (TPSA) is 76.1 Å². The second-order valence-electron chi connectivity index (χ2n) is 11.6. The quantitative estimate of drug-likeness (QED) is 0.187. The first kappa shape index (κ1) is 29.3. The molecular weight excluding hydrogens is 565 g/mol. The zero-order chi connectivity index (χ0) is 29.9. The van der Waals surface area contributed by atoms with E-state index in [1.54, 1.807) is 17.4 Å². The van der Waals surface area contributed by atoms with Gasteiger partial charge >= 0.3 is 0 Å². The number of thiophene rings is 1. The maximum Gasteiger partial charge on any atom is 0.234 e. The van der Waals surface area contributed by atoms with Gasteiger partial charge < -0.3 is 14.6 Å². The van der Waals surface area contributed by atoms with Gasteiger partial charge in [-0.3, -0.25) is 14.5 Å². The summed E-state index contributed by atoms with van der Waals surface area (Å²) in [6.45, 7) is 3.17. The number of halogens is 1. The number of ether oxygens (including phenoxy) is 2. The lowest BCUT2D eigenvalue weighted by Gasteiger charge is -2.32. The van der Waals surface area contributed by atoms with Gasteiger partial charge in [0.05, 0.1) is 31.1 Å². The fourth-order valence-electron chi connectivity index (χ4n) is 6.83. The Morgan fingerprint density at radius 3 is 2.67 bits per heavy atom. The lowest BCUT2D eigenvalue weighted by molar-refractivity contribution is -0.140. The summed E-state index contributed by atoms with van der Waals surface area (Å²) in [6.07, 6.45) is 5.55. The molecule has 3 aliphatic rings. The summed E-state index contributed by atoms with van der Waals surface area (Å²) in [5, 5.41) is 11.5. The highest BCUT2D eigenvalue weighted by atomic mass is 32.1. The molecule has 2 amide bonds. The number of carbonyl (C=O) groups is 2. The summed E-state index contributed by atoms with van der Waals surface area (Å²) in [5.41, 5.74) is 4.05. The molecule has 3 aromatic rings. The summed E-state index contributed by atoms with van der Waals surface area (Å²) in [4.78, 5) is 29.8. The van der Waals surface area contributed by atoms with Gasteiger partial charge in [-0.25, -0.2) is 4.39 Å². The fourth-order valence-corrected chi connectivity index (χ4v) is 7.52. The Hall–Kier alpha value is -3.75. The molecule has 3 heterocycles. The Balaban J connectivity index is 1.26. The van der Waals surface area contributed by atoms with Crippen LogP contribution in [-0.2, 0) is 20.9 Å². The fraction of sp³-hybridized carbons (Fsp3) is 0.371. The van der Waals surface area contributed by atoms with Crippen LogP contribution in [0.25, 0.3) is 6.08 Å². The third-order valence-corrected chi connectivity index (χ3v) is 9.65. The van der Waals surface area contributed by atoms with Crippen LogP contribution in [0, 0.1) is 23.6 Å². The van der Waals surface area contributed by atoms with Crippen LogP contribution < -0.4 is 4.74 Å². The van der Waals surface area contributed by atoms with Crippen molar-refractivity contribution >= 4 is 29.2 Å². The van der Waals surface area contributed by atoms with Crippen LogP contribution in [-0.4, -0.2) is 41.1 Å². The molecule has 6 nitrogen and oxygen atoms in total. The average molecular weight is 602 g/mol. The standard InChI is InChI=1S/C35H36FNO5S/c1-2-7-22(16-23-11-13-30(38)29(36)17-23)12-14-31-32-24(20-41-25-8-4-3-5-9-25)18-27-33(28(32)21-42-31)35(40)37(34(27)39)19-26-10-6-15-43-26/h3-6,8-11,13,15-17,27-28,31,33,38H,2,7,12,14,18-21H2,1H3/b22-16+/t27-,28+,31-,33-/m1/s1. The molecule has 224 valence electrons. The predicted octanol–water partition coefficient (Wildman–Crippen LogP) is 7.15. The van der Waals surface area contributed by atoms with Crippen molar-refractivity contribution in [3.8, 4) is 11.5 Å². The highest BCUT2D eigenvalue weighted by molar-refractivity contribution is 7.09. The normalized spacial score (nSPS) is 23.6. The minimum atomic E-state index is -0.638. The maximum atomic E-state index is 14.0. The number of rotatable bonds is 11. The van der Waals surface area contributed by atoms with E-state index in [2.05, 4.69) is 6.92 Å². The summed E-state index contributed by atoms with van der Waals surface area (Å²) in [6, 6.07) is 18.0. The largest absolute Gasteiger partial charge is 0.505 e. The van der Waals surface area contributed by atoms with E-state index >= 15 is 0 Å². The monoisotopic (exact) mass is 601 g/mol. The minimum absolute atomic E-state index is 0.0981. The van der Waals surface area contributed by atoms with Gasteiger partial charge in [0, 0.05) is 10.8 Å². The molecule has 0 saturated carbocycles. The molecule has 2 saturated heterocycles. The number of benzene rings is 2. The van der Waals surface area contributed by atoms with Crippen molar-refractivity contribution in [2.75, 3.05) is 13.2 Å². The van der Waals surface area contributed by atoms with Crippen molar-refractivity contribution in [1.82, 2.24) is 4.90 Å². The van der Waals surface area contributed by atoms with Crippen molar-refractivity contribution in [3.63, 3.8) is 0 Å². The van der Waals surface area contributed by atoms with Gasteiger partial charge in [-0.05, 0) is 78.1 Å². The third-order valence-electron chi connectivity index (χ3n) is 8.79. The Labute approximate surface area is 255 Å². The summed E-state index contributed by atoms with van der Waals surface area (Å²) in [7, 11) is 0. The molecule has 2 aromatic carbocycles. The van der Waals surface area contributed by atoms with Gasteiger partial charge in [-0.15, -0.1) is 11.3 Å². The maximum absolute atomic E-state index is 14.0. The number of likely N-dealkylation sites (tertiary alicyclic amines) is 1. The zero-order valence-electron chi connectivity index (χ0n) is 24.2.